The molecule has 0 heterocycles. The Bertz CT molecular complexity index is 365. The summed E-state index contributed by atoms with van der Waals surface area (Å²) in [6.45, 7) is 0. The minimum atomic E-state index is -4.39. The van der Waals surface area contributed by atoms with Crippen LogP contribution in [-0.2, 0) is 6.18 Å². The summed E-state index contributed by atoms with van der Waals surface area (Å²) < 4.78 is 42.5. The minimum absolute atomic E-state index is 0.0294. The van der Waals surface area contributed by atoms with E-state index in [0.29, 0.717) is 0 Å². The second-order valence-corrected chi connectivity index (χ2v) is 3.94. The Hall–Kier alpha value is -0.550. The highest BCUT2D eigenvalue weighted by atomic mass is 35.5. The molecule has 0 amide bonds. The zero-order valence-corrected chi connectivity index (χ0v) is 9.56. The van der Waals surface area contributed by atoms with Crippen LogP contribution in [-0.4, -0.2) is 13.4 Å². The molecule has 1 aromatic rings. The second kappa shape index (κ2) is 4.53. The molecule has 0 bridgehead atoms. The molecule has 0 aromatic heterocycles. The van der Waals surface area contributed by atoms with Crippen LogP contribution in [0.5, 0.6) is 5.75 Å². The van der Waals surface area contributed by atoms with Gasteiger partial charge in [0.1, 0.15) is 5.75 Å². The zero-order valence-electron chi connectivity index (χ0n) is 7.98. The topological polar surface area (TPSA) is 9.23 Å². The molecular formula is C9H8ClF3OS. The molecule has 84 valence electrons. The SMILES string of the molecule is COc1cc(C(F)(F)F)c(SC)cc1Cl. The van der Waals surface area contributed by atoms with Gasteiger partial charge in [0.2, 0.25) is 0 Å². The van der Waals surface area contributed by atoms with Gasteiger partial charge in [-0.05, 0) is 18.4 Å². The van der Waals surface area contributed by atoms with E-state index in [2.05, 4.69) is 0 Å². The van der Waals surface area contributed by atoms with Crippen molar-refractivity contribution in [3.8, 4) is 5.75 Å². The second-order valence-electron chi connectivity index (χ2n) is 2.68. The fraction of sp³-hybridized carbons (Fsp3) is 0.333. The molecule has 0 N–H and O–H groups in total. The first-order chi connectivity index (χ1) is 6.90. The summed E-state index contributed by atoms with van der Waals surface area (Å²) in [7, 11) is 1.28. The summed E-state index contributed by atoms with van der Waals surface area (Å²) in [4.78, 5) is 0.0910. The van der Waals surface area contributed by atoms with Crippen LogP contribution in [0.3, 0.4) is 0 Å². The number of alkyl halides is 3. The van der Waals surface area contributed by atoms with Gasteiger partial charge in [-0.25, -0.2) is 0 Å². The van der Waals surface area contributed by atoms with Crippen LogP contribution < -0.4 is 4.74 Å². The highest BCUT2D eigenvalue weighted by molar-refractivity contribution is 7.98. The van der Waals surface area contributed by atoms with Gasteiger partial charge in [0.15, 0.2) is 0 Å². The van der Waals surface area contributed by atoms with Gasteiger partial charge in [0.25, 0.3) is 0 Å². The van der Waals surface area contributed by atoms with Gasteiger partial charge < -0.3 is 4.74 Å². The van der Waals surface area contributed by atoms with Crippen molar-refractivity contribution >= 4 is 23.4 Å². The number of benzene rings is 1. The first-order valence-electron chi connectivity index (χ1n) is 3.89. The Morgan fingerprint density at radius 2 is 1.93 bits per heavy atom. The van der Waals surface area contributed by atoms with Crippen molar-refractivity contribution in [3.63, 3.8) is 0 Å². The quantitative estimate of drug-likeness (QED) is 0.737. The van der Waals surface area contributed by atoms with E-state index in [-0.39, 0.29) is 15.7 Å². The van der Waals surface area contributed by atoms with Crippen molar-refractivity contribution in [2.24, 2.45) is 0 Å². The molecule has 1 nitrogen and oxygen atoms in total. The predicted molar refractivity (Wildman–Crippen MR) is 54.8 cm³/mol. The molecule has 0 atom stereocenters. The van der Waals surface area contributed by atoms with Gasteiger partial charge in [0.05, 0.1) is 17.7 Å². The number of ether oxygens (including phenoxy) is 1. The normalized spacial score (nSPS) is 11.6. The Morgan fingerprint density at radius 1 is 1.33 bits per heavy atom. The molecule has 0 aliphatic heterocycles. The number of halogens is 4. The summed E-state index contributed by atoms with van der Waals surface area (Å²) in [5.41, 5.74) is -0.726. The maximum Gasteiger partial charge on any atom is 0.417 e. The lowest BCUT2D eigenvalue weighted by Gasteiger charge is -2.13. The van der Waals surface area contributed by atoms with Gasteiger partial charge in [0, 0.05) is 4.90 Å². The van der Waals surface area contributed by atoms with Crippen molar-refractivity contribution in [2.45, 2.75) is 11.1 Å². The van der Waals surface area contributed by atoms with E-state index >= 15 is 0 Å². The lowest BCUT2D eigenvalue weighted by Crippen LogP contribution is -2.07. The van der Waals surface area contributed by atoms with Gasteiger partial charge in [-0.3, -0.25) is 0 Å². The van der Waals surface area contributed by atoms with Crippen LogP contribution in [0.4, 0.5) is 13.2 Å². The third-order valence-corrected chi connectivity index (χ3v) is 2.85. The molecule has 0 aliphatic carbocycles. The molecule has 0 aliphatic rings. The molecule has 0 saturated carbocycles. The number of hydrogen-bond donors (Lipinski definition) is 0. The van der Waals surface area contributed by atoms with Crippen molar-refractivity contribution < 1.29 is 17.9 Å². The molecule has 6 heteroatoms. The maximum atomic E-state index is 12.6. The third-order valence-electron chi connectivity index (χ3n) is 1.78. The molecule has 0 fully saturated rings. The highest BCUT2D eigenvalue weighted by Gasteiger charge is 2.34. The minimum Gasteiger partial charge on any atom is -0.495 e. The van der Waals surface area contributed by atoms with E-state index in [4.69, 9.17) is 16.3 Å². The van der Waals surface area contributed by atoms with Crippen LogP contribution in [0.25, 0.3) is 0 Å². The molecule has 0 saturated heterocycles. The lowest BCUT2D eigenvalue weighted by molar-refractivity contribution is -0.139. The van der Waals surface area contributed by atoms with E-state index < -0.39 is 11.7 Å². The summed E-state index contributed by atoms with van der Waals surface area (Å²) in [6.07, 6.45) is -2.83. The Balaban J connectivity index is 3.36. The Labute approximate surface area is 94.6 Å². The first kappa shape index (κ1) is 12.5. The monoisotopic (exact) mass is 256 g/mol. The average Bonchev–Trinajstić information content (AvgIpc) is 2.15. The van der Waals surface area contributed by atoms with E-state index in [1.165, 1.54) is 13.2 Å². The standard InChI is InChI=1S/C9H8ClF3OS/c1-14-7-3-5(9(11,12)13)8(15-2)4-6(7)10/h3-4H,1-2H3. The third kappa shape index (κ3) is 2.72. The molecule has 0 unspecified atom stereocenters. The largest absolute Gasteiger partial charge is 0.495 e. The smallest absolute Gasteiger partial charge is 0.417 e. The number of thioether (sulfide) groups is 1. The fourth-order valence-corrected chi connectivity index (χ4v) is 2.02. The summed E-state index contributed by atoms with van der Waals surface area (Å²) >= 11 is 6.72. The summed E-state index contributed by atoms with van der Waals surface area (Å²) in [5.74, 6) is 0.0294. The lowest BCUT2D eigenvalue weighted by atomic mass is 10.2. The van der Waals surface area contributed by atoms with Crippen molar-refractivity contribution in [1.82, 2.24) is 0 Å². The summed E-state index contributed by atoms with van der Waals surface area (Å²) in [6, 6.07) is 2.17. The molecule has 0 radical (unpaired) electrons. The van der Waals surface area contributed by atoms with Gasteiger partial charge in [-0.2, -0.15) is 13.2 Å². The van der Waals surface area contributed by atoms with Crippen molar-refractivity contribution in [2.75, 3.05) is 13.4 Å². The molecule has 15 heavy (non-hydrogen) atoms. The Morgan fingerprint density at radius 3 is 2.33 bits per heavy atom. The molecule has 1 rings (SSSR count). The van der Waals surface area contributed by atoms with Crippen LogP contribution in [0.15, 0.2) is 17.0 Å². The van der Waals surface area contributed by atoms with Crippen LogP contribution in [0.2, 0.25) is 5.02 Å². The Kier molecular flexibility index (Phi) is 3.78. The van der Waals surface area contributed by atoms with Crippen molar-refractivity contribution in [3.05, 3.63) is 22.7 Å². The van der Waals surface area contributed by atoms with Crippen LogP contribution in [0.1, 0.15) is 5.56 Å². The van der Waals surface area contributed by atoms with Crippen molar-refractivity contribution in [1.29, 1.82) is 0 Å². The van der Waals surface area contributed by atoms with E-state index in [9.17, 15) is 13.2 Å². The van der Waals surface area contributed by atoms with E-state index in [1.54, 1.807) is 6.26 Å². The number of rotatable bonds is 2. The number of hydrogen-bond acceptors (Lipinski definition) is 2. The molecule has 0 spiro atoms. The van der Waals surface area contributed by atoms with E-state index in [0.717, 1.165) is 17.8 Å². The average molecular weight is 257 g/mol. The van der Waals surface area contributed by atoms with E-state index in [1.807, 2.05) is 0 Å². The maximum absolute atomic E-state index is 12.6. The highest BCUT2D eigenvalue weighted by Crippen LogP contribution is 2.41. The first-order valence-corrected chi connectivity index (χ1v) is 5.49. The zero-order chi connectivity index (χ0) is 11.6. The van der Waals surface area contributed by atoms with Crippen LogP contribution in [0, 0.1) is 0 Å². The van der Waals surface area contributed by atoms with Gasteiger partial charge in [-0.15, -0.1) is 11.8 Å². The van der Waals surface area contributed by atoms with Gasteiger partial charge in [-0.1, -0.05) is 11.6 Å². The summed E-state index contributed by atoms with van der Waals surface area (Å²) in [5, 5.41) is 0.176. The molecule has 1 aromatic carbocycles. The van der Waals surface area contributed by atoms with Crippen LogP contribution >= 0.6 is 23.4 Å². The van der Waals surface area contributed by atoms with Gasteiger partial charge >= 0.3 is 6.18 Å². The number of methoxy groups -OCH3 is 1. The predicted octanol–water partition coefficient (Wildman–Crippen LogP) is 4.09. The fourth-order valence-electron chi connectivity index (χ4n) is 1.08. The molecular weight excluding hydrogens is 249 g/mol.